The molecule has 0 amide bonds. The van der Waals surface area contributed by atoms with Gasteiger partial charge >= 0.3 is 0 Å². The van der Waals surface area contributed by atoms with E-state index in [-0.39, 0.29) is 12.6 Å². The quantitative estimate of drug-likeness (QED) is 0.772. The summed E-state index contributed by atoms with van der Waals surface area (Å²) < 4.78 is 5.27. The standard InChI is InChI=1S/C13H21NO2/c1-10(2)12(9-15)14-8-11-6-4-5-7-13(11)16-3/h4-7,10,12,14-15H,8-9H2,1-3H3/t12-/m1/s1. The minimum atomic E-state index is 0.130. The minimum Gasteiger partial charge on any atom is -0.496 e. The van der Waals surface area contributed by atoms with Crippen LogP contribution in [0.15, 0.2) is 24.3 Å². The molecule has 1 aromatic rings. The van der Waals surface area contributed by atoms with E-state index in [0.717, 1.165) is 11.3 Å². The smallest absolute Gasteiger partial charge is 0.123 e. The summed E-state index contributed by atoms with van der Waals surface area (Å²) in [6.45, 7) is 5.06. The van der Waals surface area contributed by atoms with Crippen molar-refractivity contribution >= 4 is 0 Å². The van der Waals surface area contributed by atoms with Crippen LogP contribution in [-0.2, 0) is 6.54 Å². The lowest BCUT2D eigenvalue weighted by atomic mass is 10.0. The lowest BCUT2D eigenvalue weighted by molar-refractivity contribution is 0.209. The maximum atomic E-state index is 9.21. The number of benzene rings is 1. The number of nitrogens with one attached hydrogen (secondary N) is 1. The number of methoxy groups -OCH3 is 1. The number of aliphatic hydroxyl groups is 1. The van der Waals surface area contributed by atoms with Gasteiger partial charge in [0.1, 0.15) is 5.75 Å². The van der Waals surface area contributed by atoms with Crippen LogP contribution in [0.5, 0.6) is 5.75 Å². The molecule has 16 heavy (non-hydrogen) atoms. The van der Waals surface area contributed by atoms with E-state index in [0.29, 0.717) is 12.5 Å². The monoisotopic (exact) mass is 223 g/mol. The average molecular weight is 223 g/mol. The number of hydrogen-bond acceptors (Lipinski definition) is 3. The van der Waals surface area contributed by atoms with Gasteiger partial charge in [-0.25, -0.2) is 0 Å². The topological polar surface area (TPSA) is 41.5 Å². The van der Waals surface area contributed by atoms with E-state index in [1.807, 2.05) is 24.3 Å². The van der Waals surface area contributed by atoms with E-state index >= 15 is 0 Å². The molecule has 0 fully saturated rings. The zero-order chi connectivity index (χ0) is 12.0. The van der Waals surface area contributed by atoms with Gasteiger partial charge in [0.05, 0.1) is 13.7 Å². The number of para-hydroxylation sites is 1. The number of aliphatic hydroxyl groups excluding tert-OH is 1. The van der Waals surface area contributed by atoms with Gasteiger partial charge in [0.2, 0.25) is 0 Å². The summed E-state index contributed by atoms with van der Waals surface area (Å²) in [5.74, 6) is 1.30. The summed E-state index contributed by atoms with van der Waals surface area (Å²) in [7, 11) is 1.67. The Morgan fingerprint density at radius 1 is 1.31 bits per heavy atom. The second kappa shape index (κ2) is 6.51. The van der Waals surface area contributed by atoms with Crippen molar-refractivity contribution in [2.45, 2.75) is 26.4 Å². The van der Waals surface area contributed by atoms with Gasteiger partial charge in [-0.1, -0.05) is 32.0 Å². The summed E-state index contributed by atoms with van der Waals surface area (Å²) in [6.07, 6.45) is 0. The SMILES string of the molecule is COc1ccccc1CN[C@H](CO)C(C)C. The van der Waals surface area contributed by atoms with Crippen molar-refractivity contribution in [2.75, 3.05) is 13.7 Å². The zero-order valence-electron chi connectivity index (χ0n) is 10.2. The van der Waals surface area contributed by atoms with Crippen molar-refractivity contribution in [1.29, 1.82) is 0 Å². The Labute approximate surface area is 97.4 Å². The van der Waals surface area contributed by atoms with Gasteiger partial charge in [0.25, 0.3) is 0 Å². The van der Waals surface area contributed by atoms with Gasteiger partial charge in [0.15, 0.2) is 0 Å². The van der Waals surface area contributed by atoms with E-state index in [1.54, 1.807) is 7.11 Å². The fraction of sp³-hybridized carbons (Fsp3) is 0.538. The van der Waals surface area contributed by atoms with Crippen LogP contribution in [0.25, 0.3) is 0 Å². The summed E-state index contributed by atoms with van der Waals surface area (Å²) in [5, 5.41) is 12.5. The van der Waals surface area contributed by atoms with Crippen LogP contribution in [0.3, 0.4) is 0 Å². The molecule has 0 unspecified atom stereocenters. The van der Waals surface area contributed by atoms with Crippen molar-refractivity contribution in [1.82, 2.24) is 5.32 Å². The van der Waals surface area contributed by atoms with E-state index in [4.69, 9.17) is 4.74 Å². The molecular formula is C13H21NO2. The maximum Gasteiger partial charge on any atom is 0.123 e. The normalized spacial score (nSPS) is 12.8. The summed E-state index contributed by atoms with van der Waals surface area (Å²) in [5.41, 5.74) is 1.11. The van der Waals surface area contributed by atoms with Gasteiger partial charge in [-0.3, -0.25) is 0 Å². The van der Waals surface area contributed by atoms with Crippen molar-refractivity contribution in [3.8, 4) is 5.75 Å². The van der Waals surface area contributed by atoms with Crippen molar-refractivity contribution in [3.05, 3.63) is 29.8 Å². The van der Waals surface area contributed by atoms with Crippen LogP contribution in [0, 0.1) is 5.92 Å². The second-order valence-corrected chi connectivity index (χ2v) is 4.23. The first-order valence-electron chi connectivity index (χ1n) is 5.65. The Kier molecular flexibility index (Phi) is 5.29. The molecule has 2 N–H and O–H groups in total. The molecule has 0 radical (unpaired) electrons. The highest BCUT2D eigenvalue weighted by Gasteiger charge is 2.11. The molecule has 0 spiro atoms. The third kappa shape index (κ3) is 3.51. The first kappa shape index (κ1) is 13.0. The zero-order valence-corrected chi connectivity index (χ0v) is 10.2. The fourth-order valence-corrected chi connectivity index (χ4v) is 1.60. The van der Waals surface area contributed by atoms with Crippen molar-refractivity contribution < 1.29 is 9.84 Å². The predicted octanol–water partition coefficient (Wildman–Crippen LogP) is 1.80. The van der Waals surface area contributed by atoms with Crippen molar-refractivity contribution in [2.24, 2.45) is 5.92 Å². The average Bonchev–Trinajstić information content (AvgIpc) is 2.30. The molecule has 3 heteroatoms. The molecule has 3 nitrogen and oxygen atoms in total. The lowest BCUT2D eigenvalue weighted by Gasteiger charge is -2.20. The van der Waals surface area contributed by atoms with E-state index < -0.39 is 0 Å². The Morgan fingerprint density at radius 2 is 2.00 bits per heavy atom. The molecule has 0 heterocycles. The Bertz CT molecular complexity index is 313. The minimum absolute atomic E-state index is 0.130. The van der Waals surface area contributed by atoms with Gasteiger partial charge in [-0.15, -0.1) is 0 Å². The Balaban J connectivity index is 2.59. The molecule has 90 valence electrons. The molecule has 1 rings (SSSR count). The number of hydrogen-bond donors (Lipinski definition) is 2. The molecule has 0 bridgehead atoms. The Hall–Kier alpha value is -1.06. The number of ether oxygens (including phenoxy) is 1. The first-order chi connectivity index (χ1) is 7.69. The van der Waals surface area contributed by atoms with Gasteiger partial charge < -0.3 is 15.2 Å². The van der Waals surface area contributed by atoms with Gasteiger partial charge in [-0.05, 0) is 12.0 Å². The first-order valence-corrected chi connectivity index (χ1v) is 5.65. The summed E-state index contributed by atoms with van der Waals surface area (Å²) in [4.78, 5) is 0. The van der Waals surface area contributed by atoms with Crippen LogP contribution in [0.2, 0.25) is 0 Å². The Morgan fingerprint density at radius 3 is 2.56 bits per heavy atom. The molecule has 1 aromatic carbocycles. The molecular weight excluding hydrogens is 202 g/mol. The molecule has 0 aliphatic heterocycles. The number of rotatable bonds is 6. The van der Waals surface area contributed by atoms with E-state index in [1.165, 1.54) is 0 Å². The fourth-order valence-electron chi connectivity index (χ4n) is 1.60. The van der Waals surface area contributed by atoms with Crippen molar-refractivity contribution in [3.63, 3.8) is 0 Å². The van der Waals surface area contributed by atoms with Crippen LogP contribution in [0.4, 0.5) is 0 Å². The van der Waals surface area contributed by atoms with Crippen LogP contribution in [0.1, 0.15) is 19.4 Å². The highest BCUT2D eigenvalue weighted by Crippen LogP contribution is 2.17. The van der Waals surface area contributed by atoms with Crippen LogP contribution in [-0.4, -0.2) is 24.9 Å². The van der Waals surface area contributed by atoms with Crippen LogP contribution >= 0.6 is 0 Å². The highest BCUT2D eigenvalue weighted by atomic mass is 16.5. The summed E-state index contributed by atoms with van der Waals surface area (Å²) in [6, 6.07) is 8.04. The lowest BCUT2D eigenvalue weighted by Crippen LogP contribution is -2.36. The second-order valence-electron chi connectivity index (χ2n) is 4.23. The van der Waals surface area contributed by atoms with E-state index in [9.17, 15) is 5.11 Å². The third-order valence-corrected chi connectivity index (χ3v) is 2.75. The van der Waals surface area contributed by atoms with Crippen LogP contribution < -0.4 is 10.1 Å². The van der Waals surface area contributed by atoms with Gasteiger partial charge in [-0.2, -0.15) is 0 Å². The molecule has 0 aliphatic carbocycles. The molecule has 0 saturated heterocycles. The molecule has 0 aliphatic rings. The molecule has 0 aromatic heterocycles. The third-order valence-electron chi connectivity index (χ3n) is 2.75. The highest BCUT2D eigenvalue weighted by molar-refractivity contribution is 5.33. The van der Waals surface area contributed by atoms with Gasteiger partial charge in [0, 0.05) is 18.2 Å². The predicted molar refractivity (Wildman–Crippen MR) is 65.5 cm³/mol. The van der Waals surface area contributed by atoms with E-state index in [2.05, 4.69) is 19.2 Å². The molecule has 0 saturated carbocycles. The summed E-state index contributed by atoms with van der Waals surface area (Å²) >= 11 is 0. The maximum absolute atomic E-state index is 9.21. The largest absolute Gasteiger partial charge is 0.496 e. The molecule has 1 atom stereocenters.